The number of aliphatic carboxylic acids is 2. The Morgan fingerprint density at radius 2 is 0.870 bits per heavy atom. The summed E-state index contributed by atoms with van der Waals surface area (Å²) in [5.41, 5.74) is 18.5. The predicted molar refractivity (Wildman–Crippen MR) is 337 cm³/mol. The van der Waals surface area contributed by atoms with Crippen molar-refractivity contribution < 1.29 is 78.0 Å². The molecule has 92 heavy (non-hydrogen) atoms. The Balaban J connectivity index is 1.62. The molecule has 1 saturated heterocycles. The van der Waals surface area contributed by atoms with Crippen LogP contribution in [0.25, 0.3) is 0 Å². The van der Waals surface area contributed by atoms with Crippen molar-refractivity contribution in [3.8, 4) is 11.5 Å². The molecule has 1 aliphatic rings. The van der Waals surface area contributed by atoms with Gasteiger partial charge in [-0.2, -0.15) is 0 Å². The van der Waals surface area contributed by atoms with Gasteiger partial charge < -0.3 is 85.1 Å². The summed E-state index contributed by atoms with van der Waals surface area (Å²) in [6.07, 6.45) is -0.647. The average molecular weight is 1290 g/mol. The molecule has 10 atom stereocenters. The number of carboxylic acids is 2. The largest absolute Gasteiger partial charge is 0.508 e. The Hall–Kier alpha value is -9.18. The number of benzene rings is 3. The van der Waals surface area contributed by atoms with Crippen molar-refractivity contribution >= 4 is 71.0 Å². The molecule has 10 amide bonds. The van der Waals surface area contributed by atoms with E-state index < -0.39 is 144 Å². The minimum atomic E-state index is -1.72. The van der Waals surface area contributed by atoms with Crippen LogP contribution in [0.1, 0.15) is 122 Å². The van der Waals surface area contributed by atoms with E-state index in [2.05, 4.69) is 42.5 Å². The SMILES string of the molecule is CC(C)C[C@H](NC(=O)[C@H](Cc1ccccc1)NC(=O)[C@H](CC(C)C)NC(=O)[C@H](CC(C)C)NC(=O)[C@H](Cc1ccc(O)cc1)NC(=O)[C@@H]1CCCN1C(=O)[C@H](CC(N)=O)NC(=O)[C@H](Cc1ccc(O)cc1)NC(=O)[C@@H](N)CC(=O)O)C(=O)N[C@@H](CCCCN)C(=O)O. The lowest BCUT2D eigenvalue weighted by Crippen LogP contribution is -2.61. The van der Waals surface area contributed by atoms with E-state index >= 15 is 0 Å². The number of primary amides is 1. The minimum absolute atomic E-state index is 0.00799. The minimum Gasteiger partial charge on any atom is -0.508 e. The molecule has 3 aromatic rings. The maximum absolute atomic E-state index is 14.8. The van der Waals surface area contributed by atoms with E-state index in [0.717, 1.165) is 4.90 Å². The topological polar surface area (TPSA) is 463 Å². The van der Waals surface area contributed by atoms with Gasteiger partial charge in [-0.1, -0.05) is 96.1 Å². The Morgan fingerprint density at radius 3 is 1.27 bits per heavy atom. The molecule has 28 nitrogen and oxygen atoms in total. The molecule has 0 aliphatic carbocycles. The number of nitrogens with zero attached hydrogens (tertiary/aromatic N) is 1. The molecule has 0 radical (unpaired) electrons. The number of phenolic OH excluding ortho intramolecular Hbond substituents is 2. The van der Waals surface area contributed by atoms with Crippen LogP contribution in [0.5, 0.6) is 11.5 Å². The number of likely N-dealkylation sites (tertiary alicyclic amines) is 1. The van der Waals surface area contributed by atoms with Crippen LogP contribution in [0.3, 0.4) is 0 Å². The van der Waals surface area contributed by atoms with E-state index in [9.17, 15) is 78.0 Å². The van der Waals surface area contributed by atoms with Crippen molar-refractivity contribution in [3.05, 3.63) is 95.6 Å². The zero-order valence-electron chi connectivity index (χ0n) is 53.0. The van der Waals surface area contributed by atoms with Gasteiger partial charge in [0.25, 0.3) is 0 Å². The lowest BCUT2D eigenvalue weighted by Gasteiger charge is -2.31. The molecule has 18 N–H and O–H groups in total. The Morgan fingerprint density at radius 1 is 0.489 bits per heavy atom. The van der Waals surface area contributed by atoms with Crippen LogP contribution in [0.4, 0.5) is 0 Å². The summed E-state index contributed by atoms with van der Waals surface area (Å²) in [5.74, 6) is -12.4. The first-order valence-corrected chi connectivity index (χ1v) is 31.0. The zero-order valence-corrected chi connectivity index (χ0v) is 53.0. The van der Waals surface area contributed by atoms with Gasteiger partial charge in [0.2, 0.25) is 59.1 Å². The van der Waals surface area contributed by atoms with Crippen molar-refractivity contribution in [2.75, 3.05) is 13.1 Å². The van der Waals surface area contributed by atoms with Crippen LogP contribution >= 0.6 is 0 Å². The van der Waals surface area contributed by atoms with Gasteiger partial charge in [0.1, 0.15) is 65.9 Å². The molecule has 1 fully saturated rings. The number of carbonyl (C=O) groups excluding carboxylic acids is 10. The Kier molecular flexibility index (Phi) is 30.5. The van der Waals surface area contributed by atoms with E-state index in [0.29, 0.717) is 36.1 Å². The molecule has 0 spiro atoms. The second kappa shape index (κ2) is 37.2. The lowest BCUT2D eigenvalue weighted by molar-refractivity contribution is -0.143. The fraction of sp³-hybridized carbons (Fsp3) is 0.531. The third kappa shape index (κ3) is 25.6. The number of phenols is 2. The van der Waals surface area contributed by atoms with Gasteiger partial charge in [0, 0.05) is 25.8 Å². The fourth-order valence-corrected chi connectivity index (χ4v) is 10.4. The third-order valence-electron chi connectivity index (χ3n) is 15.1. The highest BCUT2D eigenvalue weighted by atomic mass is 16.4. The fourth-order valence-electron chi connectivity index (χ4n) is 10.4. The number of hydrogen-bond donors (Lipinski definition) is 15. The summed E-state index contributed by atoms with van der Waals surface area (Å²) in [6, 6.07) is 5.81. The molecule has 0 saturated carbocycles. The van der Waals surface area contributed by atoms with Gasteiger partial charge in [0.05, 0.1) is 18.9 Å². The predicted octanol–water partition coefficient (Wildman–Crippen LogP) is 0.0244. The van der Waals surface area contributed by atoms with E-state index in [4.69, 9.17) is 17.2 Å². The highest BCUT2D eigenvalue weighted by Gasteiger charge is 2.41. The van der Waals surface area contributed by atoms with Crippen LogP contribution < -0.4 is 59.7 Å². The number of rotatable bonds is 38. The highest BCUT2D eigenvalue weighted by Crippen LogP contribution is 2.22. The van der Waals surface area contributed by atoms with Gasteiger partial charge in [-0.3, -0.25) is 52.7 Å². The molecular formula is C64H92N12O16. The number of amides is 10. The summed E-state index contributed by atoms with van der Waals surface area (Å²) < 4.78 is 0. The first-order valence-electron chi connectivity index (χ1n) is 31.0. The number of aromatic hydroxyl groups is 2. The first-order chi connectivity index (χ1) is 43.4. The van der Waals surface area contributed by atoms with E-state index in [1.54, 1.807) is 58.0 Å². The van der Waals surface area contributed by atoms with Crippen LogP contribution in [0.2, 0.25) is 0 Å². The molecule has 0 aromatic heterocycles. The van der Waals surface area contributed by atoms with E-state index in [1.807, 2.05) is 13.8 Å². The zero-order chi connectivity index (χ0) is 68.4. The summed E-state index contributed by atoms with van der Waals surface area (Å²) in [6.45, 7) is 11.1. The average Bonchev–Trinajstić information content (AvgIpc) is 1.70. The molecule has 0 unspecified atom stereocenters. The second-order valence-corrected chi connectivity index (χ2v) is 24.5. The lowest BCUT2D eigenvalue weighted by atomic mass is 9.98. The first kappa shape index (κ1) is 75.3. The summed E-state index contributed by atoms with van der Waals surface area (Å²) in [7, 11) is 0. The maximum atomic E-state index is 14.8. The summed E-state index contributed by atoms with van der Waals surface area (Å²) >= 11 is 0. The quantitative estimate of drug-likeness (QED) is 0.0336. The normalized spacial score (nSPS) is 15.9. The van der Waals surface area contributed by atoms with Crippen molar-refractivity contribution in [2.24, 2.45) is 35.0 Å². The van der Waals surface area contributed by atoms with E-state index in [-0.39, 0.29) is 93.6 Å². The van der Waals surface area contributed by atoms with E-state index in [1.165, 1.54) is 48.5 Å². The van der Waals surface area contributed by atoms with Crippen LogP contribution in [-0.2, 0) is 76.8 Å². The molecule has 1 heterocycles. The molecule has 504 valence electrons. The third-order valence-corrected chi connectivity index (χ3v) is 15.1. The number of unbranched alkanes of at least 4 members (excludes halogenated alkanes) is 1. The highest BCUT2D eigenvalue weighted by molar-refractivity contribution is 6.00. The van der Waals surface area contributed by atoms with Crippen LogP contribution in [-0.4, -0.2) is 170 Å². The summed E-state index contributed by atoms with van der Waals surface area (Å²) in [5, 5.41) is 60.3. The summed E-state index contributed by atoms with van der Waals surface area (Å²) in [4.78, 5) is 166. The smallest absolute Gasteiger partial charge is 0.326 e. The molecule has 28 heteroatoms. The molecule has 3 aromatic carbocycles. The van der Waals surface area contributed by atoms with Crippen molar-refractivity contribution in [1.29, 1.82) is 0 Å². The number of nitrogens with two attached hydrogens (primary N) is 3. The van der Waals surface area contributed by atoms with Gasteiger partial charge in [0.15, 0.2) is 0 Å². The second-order valence-electron chi connectivity index (χ2n) is 24.5. The van der Waals surface area contributed by atoms with Crippen molar-refractivity contribution in [1.82, 2.24) is 47.4 Å². The van der Waals surface area contributed by atoms with Gasteiger partial charge in [-0.15, -0.1) is 0 Å². The Bertz CT molecular complexity index is 3000. The molecular weight excluding hydrogens is 1190 g/mol. The standard InChI is InChI=1S/C64H92N12O16/c1-35(2)27-45(56(83)68-44(64(91)92)15-10-11-25-65)71-59(86)49(30-38-13-8-7-9-14-38)73-58(85)47(29-37(5)6)70-57(84)46(28-36(3)4)72-60(87)50(32-40-19-23-42(78)24-20-40)74-62(89)52-16-12-26-76(52)63(90)51(34-53(67)79)75-61(88)48(31-39-17-21-41(77)22-18-39)69-55(82)43(66)33-54(80)81/h7-9,13-14,17-24,35-37,43-52,77-78H,10-12,15-16,25-34,65-66H2,1-6H3,(H2,67,79)(H,68,83)(H,69,82)(H,70,84)(H,71,86)(H,72,87)(H,73,85)(H,74,89)(H,75,88)(H,80,81)(H,91,92)/t43-,44-,45-,46-,47-,48-,49-,50-,51-,52-/m0/s1. The molecule has 4 rings (SSSR count). The Labute approximate surface area is 535 Å². The van der Waals surface area contributed by atoms with Gasteiger partial charge in [-0.25, -0.2) is 4.79 Å². The maximum Gasteiger partial charge on any atom is 0.326 e. The number of hydrogen-bond acceptors (Lipinski definition) is 16. The molecule has 0 bridgehead atoms. The van der Waals surface area contributed by atoms with Crippen LogP contribution in [0.15, 0.2) is 78.9 Å². The van der Waals surface area contributed by atoms with Crippen LogP contribution in [0, 0.1) is 17.8 Å². The number of carbonyl (C=O) groups is 12. The van der Waals surface area contributed by atoms with Gasteiger partial charge >= 0.3 is 11.9 Å². The van der Waals surface area contributed by atoms with Crippen molar-refractivity contribution in [3.63, 3.8) is 0 Å². The monoisotopic (exact) mass is 1280 g/mol. The number of nitrogens with one attached hydrogen (secondary N) is 8. The number of carboxylic acid groups (broad SMARTS) is 2. The van der Waals surface area contributed by atoms with Crippen molar-refractivity contribution in [2.45, 2.75) is 185 Å². The van der Waals surface area contributed by atoms with Gasteiger partial charge in [-0.05, 0) is 117 Å². The molecule has 1 aliphatic heterocycles.